The molecule has 4 rings (SSSR count). The van der Waals surface area contributed by atoms with E-state index < -0.39 is 5.97 Å². The summed E-state index contributed by atoms with van der Waals surface area (Å²) in [7, 11) is 0. The molecular weight excluding hydrogens is 472 g/mol. The molecule has 0 atom stereocenters. The third-order valence-electron chi connectivity index (χ3n) is 8.42. The van der Waals surface area contributed by atoms with Crippen LogP contribution in [-0.4, -0.2) is 46.9 Å². The van der Waals surface area contributed by atoms with Crippen LogP contribution in [0.5, 0.6) is 0 Å². The number of nitrogens with zero attached hydrogens (tertiary/aromatic N) is 2. The zero-order valence-corrected chi connectivity index (χ0v) is 22.9. The van der Waals surface area contributed by atoms with Crippen LogP contribution in [0.25, 0.3) is 5.57 Å². The van der Waals surface area contributed by atoms with E-state index in [2.05, 4.69) is 13.0 Å². The number of amides is 2. The molecule has 0 aromatic carbocycles. The molecule has 3 aliphatic rings. The van der Waals surface area contributed by atoms with E-state index in [1.54, 1.807) is 0 Å². The number of likely N-dealkylation sites (tertiary alicyclic amines) is 1. The first kappa shape index (κ1) is 26.9. The maximum atomic E-state index is 14.1. The highest BCUT2D eigenvalue weighted by molar-refractivity contribution is 7.15. The van der Waals surface area contributed by atoms with Crippen molar-refractivity contribution in [2.45, 2.75) is 97.4 Å². The van der Waals surface area contributed by atoms with Gasteiger partial charge in [-0.25, -0.2) is 4.79 Å². The van der Waals surface area contributed by atoms with Gasteiger partial charge in [-0.3, -0.25) is 9.59 Å². The van der Waals surface area contributed by atoms with E-state index in [4.69, 9.17) is 0 Å². The number of rotatable bonds is 7. The second-order valence-electron chi connectivity index (χ2n) is 11.2. The Hall–Kier alpha value is -2.15. The highest BCUT2D eigenvalue weighted by Gasteiger charge is 2.38. The van der Waals surface area contributed by atoms with E-state index in [-0.39, 0.29) is 34.6 Å². The number of carbonyl (C=O) groups is 3. The Kier molecular flexibility index (Phi) is 8.91. The van der Waals surface area contributed by atoms with Crippen LogP contribution in [0.4, 0.5) is 5.69 Å². The van der Waals surface area contributed by atoms with Gasteiger partial charge >= 0.3 is 5.97 Å². The number of allylic oxidation sites excluding steroid dienone is 2. The van der Waals surface area contributed by atoms with E-state index in [9.17, 15) is 19.5 Å². The Labute approximate surface area is 219 Å². The van der Waals surface area contributed by atoms with E-state index in [0.29, 0.717) is 37.5 Å². The maximum Gasteiger partial charge on any atom is 0.348 e. The summed E-state index contributed by atoms with van der Waals surface area (Å²) in [5.74, 6) is -0.136. The molecule has 1 aliphatic heterocycles. The molecule has 7 heteroatoms. The molecule has 0 spiro atoms. The second kappa shape index (κ2) is 11.9. The van der Waals surface area contributed by atoms with E-state index in [1.807, 2.05) is 29.7 Å². The van der Waals surface area contributed by atoms with Gasteiger partial charge in [-0.2, -0.15) is 0 Å². The average molecular weight is 515 g/mol. The summed E-state index contributed by atoms with van der Waals surface area (Å²) in [4.78, 5) is 44.1. The molecule has 0 bridgehead atoms. The molecule has 1 aromatic rings. The minimum absolute atomic E-state index is 0.0464. The Bertz CT molecular complexity index is 981. The zero-order valence-electron chi connectivity index (χ0n) is 22.1. The van der Waals surface area contributed by atoms with Gasteiger partial charge in [0.25, 0.3) is 0 Å². The van der Waals surface area contributed by atoms with Gasteiger partial charge < -0.3 is 14.9 Å². The van der Waals surface area contributed by atoms with Crippen molar-refractivity contribution < 1.29 is 19.5 Å². The fourth-order valence-electron chi connectivity index (χ4n) is 6.15. The Morgan fingerprint density at radius 3 is 2.33 bits per heavy atom. The summed E-state index contributed by atoms with van der Waals surface area (Å²) >= 11 is 1.32. The van der Waals surface area contributed by atoms with Crippen molar-refractivity contribution in [2.24, 2.45) is 17.8 Å². The topological polar surface area (TPSA) is 77.9 Å². The molecule has 36 heavy (non-hydrogen) atoms. The smallest absolute Gasteiger partial charge is 0.348 e. The molecule has 2 amide bonds. The number of piperidine rings is 1. The molecule has 1 aromatic heterocycles. The van der Waals surface area contributed by atoms with E-state index in [1.165, 1.54) is 23.3 Å². The lowest BCUT2D eigenvalue weighted by molar-refractivity contribution is -0.135. The van der Waals surface area contributed by atoms with Crippen LogP contribution < -0.4 is 4.90 Å². The summed E-state index contributed by atoms with van der Waals surface area (Å²) in [5.41, 5.74) is 1.79. The van der Waals surface area contributed by atoms with Crippen LogP contribution in [-0.2, 0) is 9.59 Å². The van der Waals surface area contributed by atoms with Gasteiger partial charge in [0, 0.05) is 35.8 Å². The molecule has 2 aliphatic carbocycles. The SMILES string of the molecule is CCC1CCC(C(=O)N(c2cc(C3=CCCCC3)sc2C(=O)O)C2CCN(C(=O)C(C)C)CC2)CC1. The quantitative estimate of drug-likeness (QED) is 0.445. The third-order valence-corrected chi connectivity index (χ3v) is 9.61. The van der Waals surface area contributed by atoms with Crippen molar-refractivity contribution in [1.82, 2.24) is 4.90 Å². The summed E-state index contributed by atoms with van der Waals surface area (Å²) in [6, 6.07) is 1.89. The molecule has 198 valence electrons. The van der Waals surface area contributed by atoms with Crippen molar-refractivity contribution in [3.63, 3.8) is 0 Å². The predicted molar refractivity (Wildman–Crippen MR) is 145 cm³/mol. The summed E-state index contributed by atoms with van der Waals surface area (Å²) < 4.78 is 0. The van der Waals surface area contributed by atoms with Crippen LogP contribution in [0.15, 0.2) is 12.1 Å². The van der Waals surface area contributed by atoms with Gasteiger partial charge in [-0.15, -0.1) is 11.3 Å². The van der Waals surface area contributed by atoms with Crippen LogP contribution in [0.3, 0.4) is 0 Å². The highest BCUT2D eigenvalue weighted by Crippen LogP contribution is 2.41. The van der Waals surface area contributed by atoms with Crippen molar-refractivity contribution in [2.75, 3.05) is 18.0 Å². The summed E-state index contributed by atoms with van der Waals surface area (Å²) in [6.45, 7) is 7.28. The van der Waals surface area contributed by atoms with Gasteiger partial charge in [0.15, 0.2) is 0 Å². The Morgan fingerprint density at radius 2 is 1.78 bits per heavy atom. The maximum absolute atomic E-state index is 14.1. The molecule has 2 fully saturated rings. The average Bonchev–Trinajstić information content (AvgIpc) is 3.34. The van der Waals surface area contributed by atoms with Crippen molar-refractivity contribution in [3.8, 4) is 0 Å². The van der Waals surface area contributed by atoms with Gasteiger partial charge in [-0.1, -0.05) is 33.3 Å². The largest absolute Gasteiger partial charge is 0.477 e. The Morgan fingerprint density at radius 1 is 1.08 bits per heavy atom. The minimum atomic E-state index is -0.961. The third kappa shape index (κ3) is 5.87. The van der Waals surface area contributed by atoms with Crippen molar-refractivity contribution in [1.29, 1.82) is 0 Å². The molecule has 1 N–H and O–H groups in total. The van der Waals surface area contributed by atoms with Crippen molar-refractivity contribution in [3.05, 3.63) is 21.9 Å². The number of carbonyl (C=O) groups excluding carboxylic acids is 2. The number of aromatic carboxylic acids is 1. The second-order valence-corrected chi connectivity index (χ2v) is 12.2. The predicted octanol–water partition coefficient (Wildman–Crippen LogP) is 6.60. The molecule has 0 radical (unpaired) electrons. The van der Waals surface area contributed by atoms with Crippen molar-refractivity contribution >= 4 is 40.4 Å². The number of carboxylic acids is 1. The lowest BCUT2D eigenvalue weighted by atomic mass is 9.80. The number of hydrogen-bond donors (Lipinski definition) is 1. The van der Waals surface area contributed by atoms with Crippen LogP contribution >= 0.6 is 11.3 Å². The zero-order chi connectivity index (χ0) is 25.8. The fraction of sp³-hybridized carbons (Fsp3) is 0.690. The first-order valence-corrected chi connectivity index (χ1v) is 14.8. The minimum Gasteiger partial charge on any atom is -0.477 e. The molecule has 1 saturated carbocycles. The van der Waals surface area contributed by atoms with E-state index in [0.717, 1.165) is 56.2 Å². The monoisotopic (exact) mass is 514 g/mol. The van der Waals surface area contributed by atoms with Crippen LogP contribution in [0.2, 0.25) is 0 Å². The standard InChI is InChI=1S/C29H42N2O4S/c1-4-20-10-12-22(13-11-20)28(33)31(23-14-16-30(17-15-23)27(32)19(2)3)24-18-25(36-26(24)29(34)35)21-8-6-5-7-9-21/h8,18-20,22-23H,4-7,9-17H2,1-3H3,(H,34,35). The van der Waals surface area contributed by atoms with Gasteiger partial charge in [-0.05, 0) is 81.8 Å². The number of thiophene rings is 1. The molecular formula is C29H42N2O4S. The number of hydrogen-bond acceptors (Lipinski definition) is 4. The number of anilines is 1. The normalized spacial score (nSPS) is 23.4. The van der Waals surface area contributed by atoms with Gasteiger partial charge in [0.2, 0.25) is 11.8 Å². The Balaban J connectivity index is 1.65. The summed E-state index contributed by atoms with van der Waals surface area (Å²) in [5, 5.41) is 10.2. The molecule has 1 saturated heterocycles. The molecule has 0 unspecified atom stereocenters. The highest BCUT2D eigenvalue weighted by atomic mass is 32.1. The number of carboxylic acid groups (broad SMARTS) is 1. The fourth-order valence-corrected chi connectivity index (χ4v) is 7.21. The van der Waals surface area contributed by atoms with Gasteiger partial charge in [0.05, 0.1) is 5.69 Å². The molecule has 6 nitrogen and oxygen atoms in total. The molecule has 2 heterocycles. The van der Waals surface area contributed by atoms with Gasteiger partial charge in [0.1, 0.15) is 4.88 Å². The van der Waals surface area contributed by atoms with Crippen LogP contribution in [0, 0.1) is 17.8 Å². The summed E-state index contributed by atoms with van der Waals surface area (Å²) in [6.07, 6.45) is 12.9. The first-order chi connectivity index (χ1) is 17.3. The lowest BCUT2D eigenvalue weighted by Gasteiger charge is -2.41. The lowest BCUT2D eigenvalue weighted by Crippen LogP contribution is -2.51. The van der Waals surface area contributed by atoms with Crippen LogP contribution in [0.1, 0.15) is 106 Å². The first-order valence-electron chi connectivity index (χ1n) is 14.0. The van der Waals surface area contributed by atoms with E-state index >= 15 is 0 Å².